The van der Waals surface area contributed by atoms with E-state index >= 15 is 0 Å². The maximum atomic E-state index is 13.1. The highest BCUT2D eigenvalue weighted by Gasteiger charge is 2.26. The summed E-state index contributed by atoms with van der Waals surface area (Å²) in [5.41, 5.74) is 1.25. The number of nitrogens with zero attached hydrogens (tertiary/aromatic N) is 1. The number of benzene rings is 2. The molecule has 0 saturated heterocycles. The third kappa shape index (κ3) is 7.15. The number of sulfone groups is 1. The lowest BCUT2D eigenvalue weighted by molar-refractivity contribution is -0.113. The van der Waals surface area contributed by atoms with E-state index < -0.39 is 31.5 Å². The molecular weight excluding hydrogens is 448 g/mol. The van der Waals surface area contributed by atoms with Gasteiger partial charge in [0.05, 0.1) is 9.79 Å². The van der Waals surface area contributed by atoms with Crippen LogP contribution < -0.4 is 5.32 Å². The second kappa shape index (κ2) is 10.6. The van der Waals surface area contributed by atoms with Crippen LogP contribution in [0.5, 0.6) is 0 Å². The number of hydrogen-bond acceptors (Lipinski definition) is 5. The van der Waals surface area contributed by atoms with Crippen LogP contribution in [0.1, 0.15) is 33.3 Å². The summed E-state index contributed by atoms with van der Waals surface area (Å²) in [7, 11) is -7.46. The molecular formula is C23H32N2O5S2. The Hall–Kier alpha value is -2.23. The summed E-state index contributed by atoms with van der Waals surface area (Å²) in [5, 5.41) is 2.52. The van der Waals surface area contributed by atoms with E-state index in [-0.39, 0.29) is 21.6 Å². The van der Waals surface area contributed by atoms with E-state index in [4.69, 9.17) is 0 Å². The van der Waals surface area contributed by atoms with Gasteiger partial charge in [0.2, 0.25) is 15.9 Å². The molecule has 2 aromatic rings. The average Bonchev–Trinajstić information content (AvgIpc) is 2.67. The first-order valence-corrected chi connectivity index (χ1v) is 13.6. The summed E-state index contributed by atoms with van der Waals surface area (Å²) in [6.07, 6.45) is 0. The van der Waals surface area contributed by atoms with Gasteiger partial charge in [-0.05, 0) is 55.2 Å². The van der Waals surface area contributed by atoms with Gasteiger partial charge in [-0.2, -0.15) is 4.31 Å². The molecule has 1 N–H and O–H groups in total. The average molecular weight is 481 g/mol. The number of aryl methyl sites for hydroxylation is 1. The molecule has 1 amide bonds. The van der Waals surface area contributed by atoms with E-state index in [1.807, 2.05) is 34.6 Å². The predicted octanol–water partition coefficient (Wildman–Crippen LogP) is 3.71. The van der Waals surface area contributed by atoms with Gasteiger partial charge in [-0.15, -0.1) is 0 Å². The number of nitrogens with one attached hydrogen (secondary N) is 1. The van der Waals surface area contributed by atoms with E-state index in [9.17, 15) is 21.6 Å². The molecule has 9 heteroatoms. The number of carbonyl (C=O) groups is 1. The van der Waals surface area contributed by atoms with E-state index in [0.717, 1.165) is 5.56 Å². The normalized spacial score (nSPS) is 12.5. The summed E-state index contributed by atoms with van der Waals surface area (Å²) >= 11 is 0. The first-order chi connectivity index (χ1) is 14.8. The quantitative estimate of drug-likeness (QED) is 0.559. The summed E-state index contributed by atoms with van der Waals surface area (Å²) in [5.74, 6) is -1.04. The Bertz CT molecular complexity index is 1110. The van der Waals surface area contributed by atoms with Crippen LogP contribution in [0.2, 0.25) is 0 Å². The lowest BCUT2D eigenvalue weighted by atomic mass is 10.2. The van der Waals surface area contributed by atoms with E-state index in [1.165, 1.54) is 40.7 Å². The lowest BCUT2D eigenvalue weighted by Gasteiger charge is -2.25. The fraction of sp³-hybridized carbons (Fsp3) is 0.435. The highest BCUT2D eigenvalue weighted by atomic mass is 32.2. The van der Waals surface area contributed by atoms with Gasteiger partial charge >= 0.3 is 0 Å². The van der Waals surface area contributed by atoms with E-state index in [1.54, 1.807) is 12.1 Å². The van der Waals surface area contributed by atoms with Gasteiger partial charge in [-0.3, -0.25) is 4.79 Å². The zero-order valence-electron chi connectivity index (χ0n) is 19.2. The van der Waals surface area contributed by atoms with Crippen molar-refractivity contribution in [2.75, 3.05) is 24.2 Å². The van der Waals surface area contributed by atoms with Gasteiger partial charge in [0.25, 0.3) is 0 Å². The van der Waals surface area contributed by atoms with Gasteiger partial charge in [0.1, 0.15) is 5.75 Å². The van der Waals surface area contributed by atoms with Crippen molar-refractivity contribution in [1.29, 1.82) is 0 Å². The topological polar surface area (TPSA) is 101 Å². The minimum atomic E-state index is -3.78. The van der Waals surface area contributed by atoms with Crippen molar-refractivity contribution >= 4 is 31.5 Å². The van der Waals surface area contributed by atoms with Crippen molar-refractivity contribution < 1.29 is 21.6 Å². The minimum absolute atomic E-state index is 0.0788. The Morgan fingerprint density at radius 3 is 1.75 bits per heavy atom. The summed E-state index contributed by atoms with van der Waals surface area (Å²) in [6, 6.07) is 12.1. The van der Waals surface area contributed by atoms with E-state index in [2.05, 4.69) is 5.32 Å². The number of hydrogen-bond donors (Lipinski definition) is 1. The van der Waals surface area contributed by atoms with Crippen molar-refractivity contribution in [1.82, 2.24) is 4.31 Å². The highest BCUT2D eigenvalue weighted by Crippen LogP contribution is 2.21. The molecule has 2 aromatic carbocycles. The number of sulfonamides is 1. The molecule has 0 atom stereocenters. The molecule has 0 spiro atoms. The second-order valence-corrected chi connectivity index (χ2v) is 12.7. The molecule has 0 saturated carbocycles. The SMILES string of the molecule is Cc1ccc(S(=O)(=O)CC(=O)Nc2ccc(S(=O)(=O)N(CC(C)C)CC(C)C)cc2)cc1. The molecule has 0 bridgehead atoms. The largest absolute Gasteiger partial charge is 0.325 e. The van der Waals surface area contributed by atoms with Crippen molar-refractivity contribution in [3.05, 3.63) is 54.1 Å². The fourth-order valence-electron chi connectivity index (χ4n) is 3.14. The minimum Gasteiger partial charge on any atom is -0.325 e. The molecule has 176 valence electrons. The number of amides is 1. The maximum Gasteiger partial charge on any atom is 0.243 e. The second-order valence-electron chi connectivity index (χ2n) is 8.75. The van der Waals surface area contributed by atoms with Gasteiger partial charge in [-0.1, -0.05) is 45.4 Å². The number of carbonyl (C=O) groups excluding carboxylic acids is 1. The molecule has 0 fully saturated rings. The summed E-state index contributed by atoms with van der Waals surface area (Å²) in [6.45, 7) is 10.5. The molecule has 0 aliphatic rings. The Kier molecular flexibility index (Phi) is 8.61. The van der Waals surface area contributed by atoms with Crippen LogP contribution in [0.3, 0.4) is 0 Å². The van der Waals surface area contributed by atoms with Crippen LogP contribution in [0.25, 0.3) is 0 Å². The third-order valence-electron chi connectivity index (χ3n) is 4.61. The Labute approximate surface area is 191 Å². The van der Waals surface area contributed by atoms with Crippen LogP contribution in [0.15, 0.2) is 58.3 Å². The zero-order chi connectivity index (χ0) is 24.1. The molecule has 0 unspecified atom stereocenters. The van der Waals surface area contributed by atoms with Crippen LogP contribution in [0, 0.1) is 18.8 Å². The van der Waals surface area contributed by atoms with Crippen LogP contribution in [-0.4, -0.2) is 45.9 Å². The fourth-order valence-corrected chi connectivity index (χ4v) is 6.04. The smallest absolute Gasteiger partial charge is 0.243 e. The molecule has 0 aliphatic heterocycles. The Balaban J connectivity index is 2.12. The maximum absolute atomic E-state index is 13.1. The molecule has 32 heavy (non-hydrogen) atoms. The van der Waals surface area contributed by atoms with Crippen LogP contribution in [0.4, 0.5) is 5.69 Å². The molecule has 0 radical (unpaired) electrons. The van der Waals surface area contributed by atoms with E-state index in [0.29, 0.717) is 18.8 Å². The number of rotatable bonds is 10. The Morgan fingerprint density at radius 2 is 1.28 bits per heavy atom. The van der Waals surface area contributed by atoms with Gasteiger partial charge in [0, 0.05) is 18.8 Å². The zero-order valence-corrected chi connectivity index (χ0v) is 20.8. The van der Waals surface area contributed by atoms with Gasteiger partial charge < -0.3 is 5.32 Å². The van der Waals surface area contributed by atoms with Gasteiger partial charge in [0.15, 0.2) is 9.84 Å². The predicted molar refractivity (Wildman–Crippen MR) is 127 cm³/mol. The van der Waals surface area contributed by atoms with Crippen molar-refractivity contribution in [3.8, 4) is 0 Å². The lowest BCUT2D eigenvalue weighted by Crippen LogP contribution is -2.37. The molecule has 0 aromatic heterocycles. The third-order valence-corrected chi connectivity index (χ3v) is 8.09. The monoisotopic (exact) mass is 480 g/mol. The Morgan fingerprint density at radius 1 is 0.812 bits per heavy atom. The summed E-state index contributed by atoms with van der Waals surface area (Å²) < 4.78 is 52.5. The van der Waals surface area contributed by atoms with Crippen molar-refractivity contribution in [3.63, 3.8) is 0 Å². The van der Waals surface area contributed by atoms with Crippen molar-refractivity contribution in [2.45, 2.75) is 44.4 Å². The molecule has 0 aliphatic carbocycles. The summed E-state index contributed by atoms with van der Waals surface area (Å²) in [4.78, 5) is 12.5. The molecule has 7 nitrogen and oxygen atoms in total. The standard InChI is InChI=1S/C23H32N2O5S2/c1-17(2)14-25(15-18(3)4)32(29,30)22-12-8-20(9-13-22)24-23(26)16-31(27,28)21-10-6-19(5)7-11-21/h6-13,17-18H,14-16H2,1-5H3,(H,24,26). The van der Waals surface area contributed by atoms with Crippen molar-refractivity contribution in [2.24, 2.45) is 11.8 Å². The first kappa shape index (κ1) is 26.0. The van der Waals surface area contributed by atoms with Crippen LogP contribution in [-0.2, 0) is 24.7 Å². The van der Waals surface area contributed by atoms with Gasteiger partial charge in [-0.25, -0.2) is 16.8 Å². The highest BCUT2D eigenvalue weighted by molar-refractivity contribution is 7.92. The first-order valence-electron chi connectivity index (χ1n) is 10.5. The molecule has 2 rings (SSSR count). The number of anilines is 1. The van der Waals surface area contributed by atoms with Crippen LogP contribution >= 0.6 is 0 Å². The molecule has 0 heterocycles.